The minimum atomic E-state index is 0.312. The largest absolute Gasteiger partial charge is 0.342 e. The van der Waals surface area contributed by atoms with Gasteiger partial charge in [0, 0.05) is 19.0 Å². The molecule has 1 N–H and O–H groups in total. The molecule has 20 heavy (non-hydrogen) atoms. The molecule has 1 saturated heterocycles. The quantitative estimate of drug-likeness (QED) is 0.857. The first-order chi connectivity index (χ1) is 9.81. The summed E-state index contributed by atoms with van der Waals surface area (Å²) in [6.07, 6.45) is 11.3. The van der Waals surface area contributed by atoms with Gasteiger partial charge in [-0.15, -0.1) is 0 Å². The Morgan fingerprint density at radius 1 is 1.05 bits per heavy atom. The Morgan fingerprint density at radius 3 is 2.35 bits per heavy atom. The fourth-order valence-corrected chi connectivity index (χ4v) is 3.73. The van der Waals surface area contributed by atoms with E-state index >= 15 is 0 Å². The van der Waals surface area contributed by atoms with Gasteiger partial charge in [0.2, 0.25) is 5.91 Å². The maximum absolute atomic E-state index is 12.8. The van der Waals surface area contributed by atoms with E-state index in [1.54, 1.807) is 0 Å². The lowest BCUT2D eigenvalue weighted by Gasteiger charge is -2.32. The van der Waals surface area contributed by atoms with Crippen molar-refractivity contribution >= 4 is 5.91 Å². The maximum atomic E-state index is 12.8. The summed E-state index contributed by atoms with van der Waals surface area (Å²) < 4.78 is 0. The van der Waals surface area contributed by atoms with Crippen LogP contribution in [0.4, 0.5) is 0 Å². The summed E-state index contributed by atoms with van der Waals surface area (Å²) in [6, 6.07) is 0. The number of carbonyl (C=O) groups excluding carboxylic acids is 1. The van der Waals surface area contributed by atoms with E-state index in [4.69, 9.17) is 0 Å². The molecule has 3 heteroatoms. The lowest BCUT2D eigenvalue weighted by molar-refractivity contribution is -0.136. The molecule has 1 amide bonds. The fraction of sp³-hybridized carbons (Fsp3) is 0.941. The van der Waals surface area contributed by atoms with Gasteiger partial charge in [-0.25, -0.2) is 0 Å². The first-order valence-electron chi connectivity index (χ1n) is 8.80. The second-order valence-corrected chi connectivity index (χ2v) is 6.63. The van der Waals surface area contributed by atoms with Gasteiger partial charge in [-0.1, -0.05) is 32.1 Å². The van der Waals surface area contributed by atoms with Gasteiger partial charge in [0.1, 0.15) is 0 Å². The molecule has 1 unspecified atom stereocenters. The molecule has 0 aromatic rings. The van der Waals surface area contributed by atoms with Crippen molar-refractivity contribution in [2.45, 2.75) is 64.7 Å². The maximum Gasteiger partial charge on any atom is 0.225 e. The van der Waals surface area contributed by atoms with Crippen molar-refractivity contribution in [2.75, 3.05) is 26.2 Å². The van der Waals surface area contributed by atoms with Crippen molar-refractivity contribution in [1.29, 1.82) is 0 Å². The number of hydrogen-bond acceptors (Lipinski definition) is 2. The highest BCUT2D eigenvalue weighted by Gasteiger charge is 2.26. The average molecular weight is 280 g/mol. The van der Waals surface area contributed by atoms with Gasteiger partial charge in [-0.05, 0) is 51.6 Å². The second kappa shape index (κ2) is 8.66. The van der Waals surface area contributed by atoms with Crippen LogP contribution >= 0.6 is 0 Å². The van der Waals surface area contributed by atoms with E-state index in [1.165, 1.54) is 44.9 Å². The molecule has 1 heterocycles. The standard InChI is InChI=1S/C17H32N2O/c1-2-19(14-15-9-8-12-18-13-15)17(20)16-10-6-4-3-5-7-11-16/h15-16,18H,2-14H2,1H3. The Hall–Kier alpha value is -0.570. The van der Waals surface area contributed by atoms with Gasteiger partial charge in [-0.3, -0.25) is 4.79 Å². The van der Waals surface area contributed by atoms with E-state index < -0.39 is 0 Å². The number of amides is 1. The Kier molecular flexibility index (Phi) is 6.85. The summed E-state index contributed by atoms with van der Waals surface area (Å²) in [5, 5.41) is 3.46. The zero-order valence-electron chi connectivity index (χ0n) is 13.2. The topological polar surface area (TPSA) is 32.3 Å². The van der Waals surface area contributed by atoms with Crippen molar-refractivity contribution in [2.24, 2.45) is 11.8 Å². The molecule has 2 rings (SSSR count). The molecule has 0 aromatic heterocycles. The van der Waals surface area contributed by atoms with Gasteiger partial charge in [-0.2, -0.15) is 0 Å². The number of nitrogens with zero attached hydrogens (tertiary/aromatic N) is 1. The van der Waals surface area contributed by atoms with Crippen molar-refractivity contribution in [3.05, 3.63) is 0 Å². The Morgan fingerprint density at radius 2 is 1.75 bits per heavy atom. The Bertz CT molecular complexity index is 279. The van der Waals surface area contributed by atoms with E-state index in [0.29, 0.717) is 17.7 Å². The molecular weight excluding hydrogens is 248 g/mol. The predicted octanol–water partition coefficient (Wildman–Crippen LogP) is 3.20. The second-order valence-electron chi connectivity index (χ2n) is 6.63. The Labute approximate surface area is 124 Å². The highest BCUT2D eigenvalue weighted by atomic mass is 16.2. The minimum Gasteiger partial charge on any atom is -0.342 e. The van der Waals surface area contributed by atoms with Crippen molar-refractivity contribution in [3.8, 4) is 0 Å². The summed E-state index contributed by atoms with van der Waals surface area (Å²) in [4.78, 5) is 14.9. The van der Waals surface area contributed by atoms with Gasteiger partial charge in [0.05, 0.1) is 0 Å². The first-order valence-corrected chi connectivity index (χ1v) is 8.80. The van der Waals surface area contributed by atoms with Gasteiger partial charge >= 0.3 is 0 Å². The molecule has 1 aliphatic carbocycles. The molecule has 1 atom stereocenters. The normalized spacial score (nSPS) is 25.8. The van der Waals surface area contributed by atoms with Crippen LogP contribution in [0.3, 0.4) is 0 Å². The van der Waals surface area contributed by atoms with Crippen LogP contribution in [0.1, 0.15) is 64.7 Å². The van der Waals surface area contributed by atoms with E-state index in [2.05, 4.69) is 17.1 Å². The number of piperidine rings is 1. The van der Waals surface area contributed by atoms with Crippen LogP contribution in [0, 0.1) is 11.8 Å². The van der Waals surface area contributed by atoms with Crippen LogP contribution in [0.2, 0.25) is 0 Å². The summed E-state index contributed by atoms with van der Waals surface area (Å²) in [5.41, 5.74) is 0. The number of rotatable bonds is 4. The van der Waals surface area contributed by atoms with E-state index in [0.717, 1.165) is 39.0 Å². The van der Waals surface area contributed by atoms with Crippen LogP contribution in [0.15, 0.2) is 0 Å². The van der Waals surface area contributed by atoms with Gasteiger partial charge < -0.3 is 10.2 Å². The summed E-state index contributed by atoms with van der Waals surface area (Å²) in [7, 11) is 0. The number of nitrogens with one attached hydrogen (secondary N) is 1. The molecular formula is C17H32N2O. The molecule has 0 bridgehead atoms. The average Bonchev–Trinajstić information content (AvgIpc) is 2.45. The highest BCUT2D eigenvalue weighted by Crippen LogP contribution is 2.24. The minimum absolute atomic E-state index is 0.312. The van der Waals surface area contributed by atoms with Crippen LogP contribution in [0.5, 0.6) is 0 Å². The summed E-state index contributed by atoms with van der Waals surface area (Å²) in [5.74, 6) is 1.42. The highest BCUT2D eigenvalue weighted by molar-refractivity contribution is 5.78. The molecule has 2 fully saturated rings. The SMILES string of the molecule is CCN(CC1CCCNC1)C(=O)C1CCCCCCC1. The van der Waals surface area contributed by atoms with Crippen molar-refractivity contribution in [3.63, 3.8) is 0 Å². The van der Waals surface area contributed by atoms with Crippen LogP contribution in [-0.4, -0.2) is 37.0 Å². The third-order valence-electron chi connectivity index (χ3n) is 5.03. The number of hydrogen-bond donors (Lipinski definition) is 1. The lowest BCUT2D eigenvalue weighted by atomic mass is 9.89. The van der Waals surface area contributed by atoms with E-state index in [1.807, 2.05) is 0 Å². The van der Waals surface area contributed by atoms with Gasteiger partial charge in [0.15, 0.2) is 0 Å². The summed E-state index contributed by atoms with van der Waals surface area (Å²) in [6.45, 7) is 6.23. The molecule has 116 valence electrons. The monoisotopic (exact) mass is 280 g/mol. The van der Waals surface area contributed by atoms with E-state index in [-0.39, 0.29) is 0 Å². The third kappa shape index (κ3) is 4.76. The predicted molar refractivity (Wildman–Crippen MR) is 83.7 cm³/mol. The molecule has 1 saturated carbocycles. The number of carbonyl (C=O) groups is 1. The molecule has 0 radical (unpaired) electrons. The first kappa shape index (κ1) is 15.8. The molecule has 1 aliphatic heterocycles. The van der Waals surface area contributed by atoms with Crippen LogP contribution < -0.4 is 5.32 Å². The smallest absolute Gasteiger partial charge is 0.225 e. The van der Waals surface area contributed by atoms with Crippen LogP contribution in [-0.2, 0) is 4.79 Å². The zero-order valence-corrected chi connectivity index (χ0v) is 13.2. The van der Waals surface area contributed by atoms with Gasteiger partial charge in [0.25, 0.3) is 0 Å². The molecule has 2 aliphatic rings. The zero-order chi connectivity index (χ0) is 14.2. The van der Waals surface area contributed by atoms with Crippen molar-refractivity contribution in [1.82, 2.24) is 10.2 Å². The fourth-order valence-electron chi connectivity index (χ4n) is 3.73. The van der Waals surface area contributed by atoms with Crippen LogP contribution in [0.25, 0.3) is 0 Å². The van der Waals surface area contributed by atoms with E-state index in [9.17, 15) is 4.79 Å². The lowest BCUT2D eigenvalue weighted by Crippen LogP contribution is -2.43. The third-order valence-corrected chi connectivity index (χ3v) is 5.03. The molecule has 0 spiro atoms. The molecule has 0 aromatic carbocycles. The molecule has 3 nitrogen and oxygen atoms in total. The Balaban J connectivity index is 1.85. The summed E-state index contributed by atoms with van der Waals surface area (Å²) >= 11 is 0. The van der Waals surface area contributed by atoms with Crippen molar-refractivity contribution < 1.29 is 4.79 Å².